The lowest BCUT2D eigenvalue weighted by atomic mass is 10.2. The van der Waals surface area contributed by atoms with Crippen molar-refractivity contribution in [2.75, 3.05) is 0 Å². The molecule has 1 aromatic rings. The summed E-state index contributed by atoms with van der Waals surface area (Å²) in [5.41, 5.74) is 0.104. The standard InChI is InChI=1S/C9H6BrNO2S/c1-2-14(12,13)9-5-3-4-8(10)7(9)6-11/h2-5H,1H2. The maximum atomic E-state index is 11.4. The largest absolute Gasteiger partial charge is 0.219 e. The molecule has 3 nitrogen and oxygen atoms in total. The molecule has 72 valence electrons. The molecule has 1 rings (SSSR count). The normalized spacial score (nSPS) is 10.6. The lowest BCUT2D eigenvalue weighted by Gasteiger charge is -2.02. The number of rotatable bonds is 2. The minimum absolute atomic E-state index is 0.0237. The Hall–Kier alpha value is -1.12. The van der Waals surface area contributed by atoms with Crippen LogP contribution in [0.1, 0.15) is 5.56 Å². The zero-order chi connectivity index (χ0) is 10.8. The molecule has 1 aromatic carbocycles. The van der Waals surface area contributed by atoms with Crippen molar-refractivity contribution in [3.8, 4) is 6.07 Å². The summed E-state index contributed by atoms with van der Waals surface area (Å²) in [6.07, 6.45) is 0. The molecule has 0 amide bonds. The van der Waals surface area contributed by atoms with Crippen LogP contribution in [0.5, 0.6) is 0 Å². The van der Waals surface area contributed by atoms with Crippen molar-refractivity contribution < 1.29 is 8.42 Å². The molecular weight excluding hydrogens is 266 g/mol. The second-order valence-electron chi connectivity index (χ2n) is 2.44. The molecule has 0 fully saturated rings. The molecule has 0 aliphatic carbocycles. The molecule has 0 saturated heterocycles. The third-order valence-electron chi connectivity index (χ3n) is 1.61. The van der Waals surface area contributed by atoms with Crippen LogP contribution in [-0.2, 0) is 9.84 Å². The molecule has 0 saturated carbocycles. The van der Waals surface area contributed by atoms with Gasteiger partial charge in [-0.1, -0.05) is 12.6 Å². The summed E-state index contributed by atoms with van der Waals surface area (Å²) in [4.78, 5) is -0.0237. The van der Waals surface area contributed by atoms with Crippen molar-refractivity contribution >= 4 is 25.8 Å². The Morgan fingerprint density at radius 1 is 1.50 bits per heavy atom. The van der Waals surface area contributed by atoms with E-state index >= 15 is 0 Å². The molecule has 0 aliphatic heterocycles. The molecule has 0 radical (unpaired) electrons. The summed E-state index contributed by atoms with van der Waals surface area (Å²) in [6.45, 7) is 3.20. The Balaban J connectivity index is 3.61. The van der Waals surface area contributed by atoms with E-state index < -0.39 is 9.84 Å². The fourth-order valence-electron chi connectivity index (χ4n) is 0.940. The Kier molecular flexibility index (Phi) is 3.09. The van der Waals surface area contributed by atoms with E-state index in [2.05, 4.69) is 22.5 Å². The second-order valence-corrected chi connectivity index (χ2v) is 5.15. The number of halogens is 1. The first-order chi connectivity index (χ1) is 6.53. The number of hydrogen-bond donors (Lipinski definition) is 0. The molecule has 0 atom stereocenters. The monoisotopic (exact) mass is 271 g/mol. The topological polar surface area (TPSA) is 57.9 Å². The molecule has 0 aromatic heterocycles. The van der Waals surface area contributed by atoms with Gasteiger partial charge in [0, 0.05) is 9.88 Å². The Morgan fingerprint density at radius 2 is 2.14 bits per heavy atom. The zero-order valence-electron chi connectivity index (χ0n) is 7.07. The lowest BCUT2D eigenvalue weighted by molar-refractivity contribution is 0.604. The molecule has 14 heavy (non-hydrogen) atoms. The van der Waals surface area contributed by atoms with Crippen molar-refractivity contribution in [3.05, 3.63) is 40.2 Å². The summed E-state index contributed by atoms with van der Waals surface area (Å²) < 4.78 is 23.3. The van der Waals surface area contributed by atoms with Crippen molar-refractivity contribution in [3.63, 3.8) is 0 Å². The number of nitrogens with zero attached hydrogens (tertiary/aromatic N) is 1. The maximum Gasteiger partial charge on any atom is 0.200 e. The quantitative estimate of drug-likeness (QED) is 0.829. The van der Waals surface area contributed by atoms with E-state index in [4.69, 9.17) is 5.26 Å². The lowest BCUT2D eigenvalue weighted by Crippen LogP contribution is -1.99. The van der Waals surface area contributed by atoms with Crippen molar-refractivity contribution in [2.45, 2.75) is 4.90 Å². The first-order valence-corrected chi connectivity index (χ1v) is 5.93. The predicted octanol–water partition coefficient (Wildman–Crippen LogP) is 2.24. The number of nitriles is 1. The highest BCUT2D eigenvalue weighted by Crippen LogP contribution is 2.24. The minimum atomic E-state index is -3.55. The first kappa shape index (κ1) is 11.0. The second kappa shape index (κ2) is 3.95. The smallest absolute Gasteiger partial charge is 0.200 e. The summed E-state index contributed by atoms with van der Waals surface area (Å²) in [5, 5.41) is 9.61. The van der Waals surface area contributed by atoms with Crippen molar-refractivity contribution in [2.24, 2.45) is 0 Å². The average molecular weight is 272 g/mol. The molecule has 5 heteroatoms. The highest BCUT2D eigenvalue weighted by atomic mass is 79.9. The fraction of sp³-hybridized carbons (Fsp3) is 0. The third kappa shape index (κ3) is 1.86. The predicted molar refractivity (Wildman–Crippen MR) is 56.2 cm³/mol. The van der Waals surface area contributed by atoms with E-state index in [1.165, 1.54) is 6.07 Å². The SMILES string of the molecule is C=CS(=O)(=O)c1cccc(Br)c1C#N. The van der Waals surface area contributed by atoms with Gasteiger partial charge in [0.2, 0.25) is 9.84 Å². The summed E-state index contributed by atoms with van der Waals surface area (Å²) >= 11 is 3.11. The van der Waals surface area contributed by atoms with Crippen LogP contribution < -0.4 is 0 Å². The van der Waals surface area contributed by atoms with Gasteiger partial charge in [-0.2, -0.15) is 5.26 Å². The Bertz CT molecular complexity index is 514. The van der Waals surface area contributed by atoms with E-state index in [1.54, 1.807) is 12.1 Å². The van der Waals surface area contributed by atoms with Crippen LogP contribution in [0.15, 0.2) is 39.6 Å². The van der Waals surface area contributed by atoms with Crippen molar-refractivity contribution in [1.82, 2.24) is 0 Å². The van der Waals surface area contributed by atoms with Crippen LogP contribution in [0.2, 0.25) is 0 Å². The average Bonchev–Trinajstić information content (AvgIpc) is 2.17. The first-order valence-electron chi connectivity index (χ1n) is 3.59. The Morgan fingerprint density at radius 3 is 2.64 bits per heavy atom. The van der Waals surface area contributed by atoms with Crippen molar-refractivity contribution in [1.29, 1.82) is 5.26 Å². The van der Waals surface area contributed by atoms with E-state index in [9.17, 15) is 8.42 Å². The highest BCUT2D eigenvalue weighted by Gasteiger charge is 2.16. The molecular formula is C9H6BrNO2S. The van der Waals surface area contributed by atoms with Crippen LogP contribution in [-0.4, -0.2) is 8.42 Å². The third-order valence-corrected chi connectivity index (χ3v) is 3.67. The van der Waals surface area contributed by atoms with Gasteiger partial charge in [0.05, 0.1) is 10.5 Å². The van der Waals surface area contributed by atoms with Gasteiger partial charge in [-0.25, -0.2) is 8.42 Å². The van der Waals surface area contributed by atoms with Crippen LogP contribution in [0.25, 0.3) is 0 Å². The van der Waals surface area contributed by atoms with Crippen LogP contribution in [0.3, 0.4) is 0 Å². The van der Waals surface area contributed by atoms with Crippen LogP contribution in [0, 0.1) is 11.3 Å². The summed E-state index contributed by atoms with van der Waals surface area (Å²) in [5.74, 6) is 0. The van der Waals surface area contributed by atoms with Crippen LogP contribution in [0.4, 0.5) is 0 Å². The molecule has 0 bridgehead atoms. The number of benzene rings is 1. The minimum Gasteiger partial charge on any atom is -0.219 e. The van der Waals surface area contributed by atoms with Gasteiger partial charge in [-0.05, 0) is 28.1 Å². The fourth-order valence-corrected chi connectivity index (χ4v) is 2.41. The van der Waals surface area contributed by atoms with E-state index in [1.807, 2.05) is 6.07 Å². The van der Waals surface area contributed by atoms with Gasteiger partial charge < -0.3 is 0 Å². The van der Waals surface area contributed by atoms with E-state index in [0.29, 0.717) is 4.47 Å². The van der Waals surface area contributed by atoms with Gasteiger partial charge in [-0.3, -0.25) is 0 Å². The van der Waals surface area contributed by atoms with Gasteiger partial charge in [0.1, 0.15) is 6.07 Å². The maximum absolute atomic E-state index is 11.4. The number of sulfone groups is 1. The highest BCUT2D eigenvalue weighted by molar-refractivity contribution is 9.10. The van der Waals surface area contributed by atoms with E-state index in [0.717, 1.165) is 5.41 Å². The molecule has 0 spiro atoms. The van der Waals surface area contributed by atoms with Gasteiger partial charge in [0.15, 0.2) is 0 Å². The number of hydrogen-bond acceptors (Lipinski definition) is 3. The molecule has 0 aliphatic rings. The van der Waals surface area contributed by atoms with Crippen LogP contribution >= 0.6 is 15.9 Å². The molecule has 0 unspecified atom stereocenters. The Labute approximate surface area is 90.7 Å². The summed E-state index contributed by atoms with van der Waals surface area (Å²) in [7, 11) is -3.55. The van der Waals surface area contributed by atoms with Gasteiger partial charge >= 0.3 is 0 Å². The molecule has 0 heterocycles. The van der Waals surface area contributed by atoms with E-state index in [-0.39, 0.29) is 10.5 Å². The summed E-state index contributed by atoms with van der Waals surface area (Å²) in [6, 6.07) is 6.37. The van der Waals surface area contributed by atoms with Gasteiger partial charge in [0.25, 0.3) is 0 Å². The zero-order valence-corrected chi connectivity index (χ0v) is 9.47. The molecule has 0 N–H and O–H groups in total. The van der Waals surface area contributed by atoms with Gasteiger partial charge in [-0.15, -0.1) is 0 Å².